The minimum Gasteiger partial charge on any atom is -0.407 e. The maximum absolute atomic E-state index is 13.4. The van der Waals surface area contributed by atoms with E-state index in [0.29, 0.717) is 18.5 Å². The van der Waals surface area contributed by atoms with E-state index < -0.39 is 31.3 Å². The third-order valence-electron chi connectivity index (χ3n) is 4.46. The minimum atomic E-state index is -3.85. The number of rotatable bonds is 8. The quantitative estimate of drug-likeness (QED) is 0.500. The van der Waals surface area contributed by atoms with E-state index in [2.05, 4.69) is 20.0 Å². The van der Waals surface area contributed by atoms with E-state index in [1.165, 1.54) is 29.2 Å². The van der Waals surface area contributed by atoms with Crippen molar-refractivity contribution >= 4 is 13.4 Å². The topological polar surface area (TPSA) is 137 Å². The summed E-state index contributed by atoms with van der Waals surface area (Å²) in [5, 5.41) is 2.76. The van der Waals surface area contributed by atoms with Crippen LogP contribution < -0.4 is 20.9 Å². The molecule has 0 radical (unpaired) electrons. The first-order valence-corrected chi connectivity index (χ1v) is 11.0. The lowest BCUT2D eigenvalue weighted by Gasteiger charge is -2.22. The molecule has 3 aromatic heterocycles. The van der Waals surface area contributed by atoms with E-state index in [9.17, 15) is 14.2 Å². The van der Waals surface area contributed by atoms with Crippen molar-refractivity contribution in [1.82, 2.24) is 19.5 Å². The van der Waals surface area contributed by atoms with Crippen molar-refractivity contribution in [3.8, 4) is 5.75 Å². The van der Waals surface area contributed by atoms with Crippen molar-refractivity contribution in [3.05, 3.63) is 82.2 Å². The van der Waals surface area contributed by atoms with Crippen LogP contribution in [-0.2, 0) is 13.8 Å². The zero-order chi connectivity index (χ0) is 21.7. The molecule has 0 bridgehead atoms. The molecule has 162 valence electrons. The largest absolute Gasteiger partial charge is 0.486 e. The van der Waals surface area contributed by atoms with Gasteiger partial charge >= 0.3 is 13.4 Å². The van der Waals surface area contributed by atoms with Gasteiger partial charge in [0.25, 0.3) is 5.56 Å². The molecule has 12 heteroatoms. The van der Waals surface area contributed by atoms with E-state index >= 15 is 0 Å². The van der Waals surface area contributed by atoms with Crippen LogP contribution in [-0.4, -0.2) is 32.2 Å². The van der Waals surface area contributed by atoms with Crippen molar-refractivity contribution in [3.63, 3.8) is 0 Å². The van der Waals surface area contributed by atoms with Gasteiger partial charge in [0, 0.05) is 24.7 Å². The fraction of sp³-hybridized carbons (Fsp3) is 0.263. The molecule has 3 aromatic rings. The van der Waals surface area contributed by atoms with Gasteiger partial charge in [-0.25, -0.2) is 9.36 Å². The molecular formula is C19H20N5O6P. The predicted molar refractivity (Wildman–Crippen MR) is 111 cm³/mol. The van der Waals surface area contributed by atoms with Gasteiger partial charge in [0.1, 0.15) is 12.0 Å². The number of aromatic amines is 1. The standard InChI is InChI=1S/C19H20N5O6P/c25-17-7-10-24(19(26)22-17)18-6-5-16(29-18)13-28-31(27,23-14-3-1-8-20-11-14)30-15-4-2-9-21-12-15/h1-4,7-12,16,18H,5-6,13H2,(H,23,27)(H,22,25,26)/t16-,18+,31?/m0/s1. The van der Waals surface area contributed by atoms with Gasteiger partial charge < -0.3 is 9.26 Å². The Kier molecular flexibility index (Phi) is 6.26. The normalized spacial score (nSPS) is 20.1. The first-order valence-electron chi connectivity index (χ1n) is 9.50. The molecule has 2 N–H and O–H groups in total. The van der Waals surface area contributed by atoms with E-state index in [1.54, 1.807) is 36.7 Å². The molecule has 0 amide bonds. The van der Waals surface area contributed by atoms with E-state index in [0.717, 1.165) is 0 Å². The number of hydrogen-bond acceptors (Lipinski definition) is 8. The number of pyridine rings is 2. The van der Waals surface area contributed by atoms with Gasteiger partial charge in [0.15, 0.2) is 0 Å². The van der Waals surface area contributed by atoms with Gasteiger partial charge in [-0.05, 0) is 37.1 Å². The third-order valence-corrected chi connectivity index (χ3v) is 5.94. The zero-order valence-corrected chi connectivity index (χ0v) is 17.2. The highest BCUT2D eigenvalue weighted by atomic mass is 31.2. The predicted octanol–water partition coefficient (Wildman–Crippen LogP) is 2.32. The maximum atomic E-state index is 13.4. The second-order valence-electron chi connectivity index (χ2n) is 6.73. The number of nitrogens with one attached hydrogen (secondary N) is 2. The molecule has 11 nitrogen and oxygen atoms in total. The Labute approximate surface area is 176 Å². The molecule has 1 unspecified atom stereocenters. The fourth-order valence-electron chi connectivity index (χ4n) is 3.06. The van der Waals surface area contributed by atoms with Crippen molar-refractivity contribution in [1.29, 1.82) is 0 Å². The number of aromatic nitrogens is 4. The highest BCUT2D eigenvalue weighted by Gasteiger charge is 2.33. The van der Waals surface area contributed by atoms with Gasteiger partial charge in [-0.3, -0.25) is 33.9 Å². The van der Waals surface area contributed by atoms with E-state index in [4.69, 9.17) is 13.8 Å². The first kappa shape index (κ1) is 21.0. The minimum absolute atomic E-state index is 0.0423. The summed E-state index contributed by atoms with van der Waals surface area (Å²) < 4.78 is 31.8. The number of H-pyrrole nitrogens is 1. The van der Waals surface area contributed by atoms with Crippen molar-refractivity contribution < 1.29 is 18.3 Å². The van der Waals surface area contributed by atoms with Gasteiger partial charge in [-0.2, -0.15) is 0 Å². The zero-order valence-electron chi connectivity index (χ0n) is 16.3. The average molecular weight is 445 g/mol. The van der Waals surface area contributed by atoms with E-state index in [1.807, 2.05) is 0 Å². The number of ether oxygens (including phenoxy) is 1. The van der Waals surface area contributed by atoms with Gasteiger partial charge in [-0.15, -0.1) is 0 Å². The van der Waals surface area contributed by atoms with Gasteiger partial charge in [0.2, 0.25) is 0 Å². The molecular weight excluding hydrogens is 425 g/mol. The molecule has 31 heavy (non-hydrogen) atoms. The monoisotopic (exact) mass is 445 g/mol. The van der Waals surface area contributed by atoms with E-state index in [-0.39, 0.29) is 12.4 Å². The molecule has 1 saturated heterocycles. The van der Waals surface area contributed by atoms with Crippen LogP contribution in [0.25, 0.3) is 0 Å². The van der Waals surface area contributed by atoms with Crippen molar-refractivity contribution in [2.45, 2.75) is 25.2 Å². The van der Waals surface area contributed by atoms with Crippen LogP contribution in [0, 0.1) is 0 Å². The number of hydrogen-bond donors (Lipinski definition) is 2. The highest BCUT2D eigenvalue weighted by Crippen LogP contribution is 2.48. The number of anilines is 1. The van der Waals surface area contributed by atoms with Crippen LogP contribution in [0.4, 0.5) is 5.69 Å². The lowest BCUT2D eigenvalue weighted by atomic mass is 10.2. The molecule has 3 atom stereocenters. The van der Waals surface area contributed by atoms with Crippen molar-refractivity contribution in [2.75, 3.05) is 11.7 Å². The van der Waals surface area contributed by atoms with Gasteiger partial charge in [0.05, 0.1) is 30.8 Å². The van der Waals surface area contributed by atoms with Crippen LogP contribution >= 0.6 is 7.75 Å². The summed E-state index contributed by atoms with van der Waals surface area (Å²) in [7, 11) is -3.85. The Hall–Kier alpha value is -3.27. The van der Waals surface area contributed by atoms with Crippen molar-refractivity contribution in [2.24, 2.45) is 0 Å². The molecule has 4 heterocycles. The molecule has 1 aliphatic heterocycles. The Bertz CT molecular complexity index is 1120. The summed E-state index contributed by atoms with van der Waals surface area (Å²) >= 11 is 0. The second-order valence-corrected chi connectivity index (χ2v) is 8.39. The molecule has 0 saturated carbocycles. The lowest BCUT2D eigenvalue weighted by Crippen LogP contribution is -2.31. The summed E-state index contributed by atoms with van der Waals surface area (Å²) in [6.07, 6.45) is 7.57. The maximum Gasteiger partial charge on any atom is 0.486 e. The Morgan fingerprint density at radius 3 is 2.68 bits per heavy atom. The summed E-state index contributed by atoms with van der Waals surface area (Å²) in [6, 6.07) is 7.88. The molecule has 0 aliphatic carbocycles. The van der Waals surface area contributed by atoms with Gasteiger partial charge in [-0.1, -0.05) is 0 Å². The van der Waals surface area contributed by atoms with Crippen LogP contribution in [0.3, 0.4) is 0 Å². The Morgan fingerprint density at radius 1 is 1.16 bits per heavy atom. The third kappa shape index (κ3) is 5.46. The molecule has 4 rings (SSSR count). The van der Waals surface area contributed by atoms with Crippen LogP contribution in [0.1, 0.15) is 19.1 Å². The summed E-state index contributed by atoms with van der Waals surface area (Å²) in [5.74, 6) is 0.271. The first-order chi connectivity index (χ1) is 15.0. The molecule has 0 aromatic carbocycles. The number of nitrogens with zero attached hydrogens (tertiary/aromatic N) is 3. The van der Waals surface area contributed by atoms with Crippen LogP contribution in [0.2, 0.25) is 0 Å². The highest BCUT2D eigenvalue weighted by molar-refractivity contribution is 7.55. The average Bonchev–Trinajstić information content (AvgIpc) is 3.22. The summed E-state index contributed by atoms with van der Waals surface area (Å²) in [4.78, 5) is 33.3. The van der Waals surface area contributed by atoms with Crippen LogP contribution in [0.5, 0.6) is 5.75 Å². The molecule has 1 fully saturated rings. The fourth-order valence-corrected chi connectivity index (χ4v) is 4.42. The lowest BCUT2D eigenvalue weighted by molar-refractivity contribution is -0.0210. The Morgan fingerprint density at radius 2 is 1.97 bits per heavy atom. The Balaban J connectivity index is 1.44. The van der Waals surface area contributed by atoms with Crippen LogP contribution in [0.15, 0.2) is 70.9 Å². The summed E-state index contributed by atoms with van der Waals surface area (Å²) in [6.45, 7) is -0.0423. The molecule has 0 spiro atoms. The molecule has 1 aliphatic rings. The SMILES string of the molecule is O=c1ccn([C@H]2CC[C@@H](COP(=O)(Nc3cccnc3)Oc3cccnc3)O2)c(=O)[nH]1. The smallest absolute Gasteiger partial charge is 0.407 e. The summed E-state index contributed by atoms with van der Waals surface area (Å²) in [5.41, 5.74) is -0.572. The second kappa shape index (κ2) is 9.25.